The summed E-state index contributed by atoms with van der Waals surface area (Å²) in [6.07, 6.45) is -0.154. The van der Waals surface area contributed by atoms with Crippen LogP contribution in [-0.2, 0) is 16.1 Å². The Morgan fingerprint density at radius 2 is 2.16 bits per heavy atom. The molecule has 2 heterocycles. The fraction of sp³-hybridized carbons (Fsp3) is 0.438. The predicted octanol–water partition coefficient (Wildman–Crippen LogP) is 1.69. The van der Waals surface area contributed by atoms with Gasteiger partial charge in [-0.1, -0.05) is 5.16 Å². The lowest BCUT2D eigenvalue weighted by Crippen LogP contribution is -2.53. The number of carbonyl (C=O) groups is 1. The molecule has 1 fully saturated rings. The van der Waals surface area contributed by atoms with Crippen LogP contribution in [0, 0.1) is 6.92 Å². The Morgan fingerprint density at radius 1 is 1.40 bits per heavy atom. The Morgan fingerprint density at radius 3 is 2.80 bits per heavy atom. The van der Waals surface area contributed by atoms with Crippen LogP contribution in [0.2, 0.25) is 0 Å². The van der Waals surface area contributed by atoms with Crippen LogP contribution < -0.4 is 15.4 Å². The highest BCUT2D eigenvalue weighted by molar-refractivity contribution is 5.95. The molecule has 0 aliphatic carbocycles. The number of hydrogen-bond acceptors (Lipinski definition) is 7. The van der Waals surface area contributed by atoms with Crippen LogP contribution in [-0.4, -0.2) is 41.3 Å². The average Bonchev–Trinajstić information content (AvgIpc) is 3.00. The molecule has 3 rings (SSSR count). The summed E-state index contributed by atoms with van der Waals surface area (Å²) in [4.78, 5) is 16.3. The first-order valence-corrected chi connectivity index (χ1v) is 7.80. The number of anilines is 1. The van der Waals surface area contributed by atoms with Crippen molar-refractivity contribution in [3.8, 4) is 5.75 Å². The van der Waals surface area contributed by atoms with E-state index in [1.54, 1.807) is 31.2 Å². The fourth-order valence-electron chi connectivity index (χ4n) is 2.43. The van der Waals surface area contributed by atoms with Crippen LogP contribution >= 0.6 is 12.4 Å². The number of carbonyl (C=O) groups excluding carboxylic acids is 1. The fourth-order valence-corrected chi connectivity index (χ4v) is 2.43. The zero-order valence-corrected chi connectivity index (χ0v) is 14.8. The molecule has 136 valence electrons. The maximum absolute atomic E-state index is 12.3. The highest BCUT2D eigenvalue weighted by Gasteiger charge is 2.28. The van der Waals surface area contributed by atoms with Crippen molar-refractivity contribution in [2.75, 3.05) is 18.5 Å². The third kappa shape index (κ3) is 5.15. The number of hydrogen-bond donors (Lipinski definition) is 2. The molecule has 0 unspecified atom stereocenters. The molecule has 1 aliphatic rings. The molecule has 1 aromatic heterocycles. The van der Waals surface area contributed by atoms with E-state index >= 15 is 0 Å². The van der Waals surface area contributed by atoms with E-state index in [9.17, 15) is 4.79 Å². The molecule has 25 heavy (non-hydrogen) atoms. The van der Waals surface area contributed by atoms with Crippen molar-refractivity contribution in [3.05, 3.63) is 36.0 Å². The van der Waals surface area contributed by atoms with Crippen molar-refractivity contribution < 1.29 is 18.8 Å². The van der Waals surface area contributed by atoms with E-state index in [1.165, 1.54) is 0 Å². The van der Waals surface area contributed by atoms with Crippen molar-refractivity contribution in [1.82, 2.24) is 15.5 Å². The molecule has 0 saturated carbocycles. The van der Waals surface area contributed by atoms with Gasteiger partial charge in [0.15, 0.2) is 12.4 Å². The summed E-state index contributed by atoms with van der Waals surface area (Å²) in [5.41, 5.74) is 0.695. The molecule has 1 aliphatic heterocycles. The number of aryl methyl sites for hydroxylation is 1. The van der Waals surface area contributed by atoms with E-state index < -0.39 is 0 Å². The van der Waals surface area contributed by atoms with Gasteiger partial charge in [0.1, 0.15) is 11.8 Å². The Kier molecular flexibility index (Phi) is 6.74. The minimum absolute atomic E-state index is 0. The smallest absolute Gasteiger partial charge is 0.264 e. The molecule has 2 atom stereocenters. The van der Waals surface area contributed by atoms with Gasteiger partial charge in [0, 0.05) is 12.2 Å². The first-order valence-electron chi connectivity index (χ1n) is 7.80. The maximum atomic E-state index is 12.3. The second kappa shape index (κ2) is 8.80. The maximum Gasteiger partial charge on any atom is 0.264 e. The number of nitrogens with zero attached hydrogens (tertiary/aromatic N) is 2. The second-order valence-electron chi connectivity index (χ2n) is 5.55. The Bertz CT molecular complexity index is 692. The number of halogens is 1. The lowest BCUT2D eigenvalue weighted by Gasteiger charge is -2.29. The number of amides is 1. The van der Waals surface area contributed by atoms with Gasteiger partial charge in [-0.25, -0.2) is 0 Å². The van der Waals surface area contributed by atoms with E-state index in [2.05, 4.69) is 20.8 Å². The van der Waals surface area contributed by atoms with Gasteiger partial charge in [0.05, 0.1) is 12.7 Å². The van der Waals surface area contributed by atoms with Crippen molar-refractivity contribution in [3.63, 3.8) is 0 Å². The average molecular weight is 369 g/mol. The summed E-state index contributed by atoms with van der Waals surface area (Å²) in [5.74, 6) is 1.52. The van der Waals surface area contributed by atoms with Gasteiger partial charge in [0.25, 0.3) is 5.89 Å². The molecule has 1 aromatic carbocycles. The van der Waals surface area contributed by atoms with Crippen LogP contribution in [0.1, 0.15) is 18.6 Å². The summed E-state index contributed by atoms with van der Waals surface area (Å²) in [6.45, 7) is 5.12. The molecule has 1 amide bonds. The van der Waals surface area contributed by atoms with Crippen molar-refractivity contribution in [2.24, 2.45) is 0 Å². The summed E-state index contributed by atoms with van der Waals surface area (Å²) in [5, 5.41) is 9.72. The minimum Gasteiger partial charge on any atom is -0.484 e. The van der Waals surface area contributed by atoms with Crippen LogP contribution in [0.5, 0.6) is 5.75 Å². The van der Waals surface area contributed by atoms with E-state index in [0.717, 1.165) is 0 Å². The first-order chi connectivity index (χ1) is 11.6. The monoisotopic (exact) mass is 368 g/mol. The lowest BCUT2D eigenvalue weighted by atomic mass is 10.1. The summed E-state index contributed by atoms with van der Waals surface area (Å²) in [7, 11) is 0. The highest BCUT2D eigenvalue weighted by atomic mass is 35.5. The Labute approximate surface area is 151 Å². The molecule has 2 aromatic rings. The molecular weight excluding hydrogens is 348 g/mol. The van der Waals surface area contributed by atoms with Gasteiger partial charge in [0.2, 0.25) is 5.91 Å². The van der Waals surface area contributed by atoms with E-state index in [4.69, 9.17) is 14.0 Å². The lowest BCUT2D eigenvalue weighted by molar-refractivity contribution is -0.123. The number of aromatic nitrogens is 2. The molecule has 0 spiro atoms. The zero-order valence-electron chi connectivity index (χ0n) is 14.0. The third-order valence-electron chi connectivity index (χ3n) is 3.65. The van der Waals surface area contributed by atoms with Crippen molar-refractivity contribution in [2.45, 2.75) is 32.6 Å². The van der Waals surface area contributed by atoms with Crippen LogP contribution in [0.4, 0.5) is 5.69 Å². The largest absolute Gasteiger partial charge is 0.484 e. The number of nitrogens with one attached hydrogen (secondary N) is 2. The van der Waals surface area contributed by atoms with Gasteiger partial charge in [-0.2, -0.15) is 4.98 Å². The molecule has 9 heteroatoms. The molecule has 1 saturated heterocycles. The van der Waals surface area contributed by atoms with Crippen molar-refractivity contribution in [1.29, 1.82) is 0 Å². The number of rotatable bonds is 5. The second-order valence-corrected chi connectivity index (χ2v) is 5.55. The third-order valence-corrected chi connectivity index (χ3v) is 3.65. The molecular formula is C16H21ClN4O4. The van der Waals surface area contributed by atoms with Gasteiger partial charge in [-0.3, -0.25) is 4.79 Å². The number of ether oxygens (including phenoxy) is 2. The molecule has 8 nitrogen and oxygen atoms in total. The number of benzene rings is 1. The van der Waals surface area contributed by atoms with Gasteiger partial charge >= 0.3 is 0 Å². The predicted molar refractivity (Wildman–Crippen MR) is 92.9 cm³/mol. The van der Waals surface area contributed by atoms with Gasteiger partial charge < -0.3 is 24.6 Å². The molecule has 2 N–H and O–H groups in total. The molecule has 0 bridgehead atoms. The van der Waals surface area contributed by atoms with Gasteiger partial charge in [-0.05, 0) is 38.1 Å². The summed E-state index contributed by atoms with van der Waals surface area (Å²) >= 11 is 0. The zero-order chi connectivity index (χ0) is 16.9. The van der Waals surface area contributed by atoms with E-state index in [-0.39, 0.29) is 37.1 Å². The van der Waals surface area contributed by atoms with Crippen LogP contribution in [0.15, 0.2) is 28.8 Å². The summed E-state index contributed by atoms with van der Waals surface area (Å²) in [6, 6.07) is 6.75. The Hall–Kier alpha value is -2.16. The van der Waals surface area contributed by atoms with E-state index in [0.29, 0.717) is 36.3 Å². The van der Waals surface area contributed by atoms with Gasteiger partial charge in [-0.15, -0.1) is 12.4 Å². The summed E-state index contributed by atoms with van der Waals surface area (Å²) < 4.78 is 16.0. The Balaban J connectivity index is 0.00000225. The number of morpholine rings is 1. The van der Waals surface area contributed by atoms with E-state index in [1.807, 2.05) is 6.92 Å². The van der Waals surface area contributed by atoms with Crippen LogP contribution in [0.3, 0.4) is 0 Å². The SMILES string of the molecule is Cc1noc(COc2ccc(NC(=O)[C@H]3NCCO[C@@H]3C)cc2)n1.Cl. The first kappa shape index (κ1) is 19.2. The highest BCUT2D eigenvalue weighted by Crippen LogP contribution is 2.17. The van der Waals surface area contributed by atoms with Crippen molar-refractivity contribution >= 4 is 24.0 Å². The molecule has 0 radical (unpaired) electrons. The van der Waals surface area contributed by atoms with Crippen LogP contribution in [0.25, 0.3) is 0 Å². The normalized spacial score (nSPS) is 19.8. The quantitative estimate of drug-likeness (QED) is 0.828. The minimum atomic E-state index is -0.351. The topological polar surface area (TPSA) is 98.5 Å². The standard InChI is InChI=1S/C16H20N4O4.ClH/c1-10-15(17-7-8-22-10)16(21)19-12-3-5-13(6-4-12)23-9-14-18-11(2)20-24-14;/h3-6,10,15,17H,7-9H2,1-2H3,(H,19,21);1H/t10-,15+;/m1./s1.